The number of nitrogens with one attached hydrogen (secondary N) is 2. The highest BCUT2D eigenvalue weighted by molar-refractivity contribution is 5.98. The Morgan fingerprint density at radius 3 is 1.12 bits per heavy atom. The molecule has 0 aliphatic rings. The van der Waals surface area contributed by atoms with E-state index in [4.69, 9.17) is 28.4 Å². The van der Waals surface area contributed by atoms with Crippen LogP contribution in [0.1, 0.15) is 31.8 Å². The minimum absolute atomic E-state index is 0.298. The van der Waals surface area contributed by atoms with Gasteiger partial charge in [-0.3, -0.25) is 9.59 Å². The highest BCUT2D eigenvalue weighted by Gasteiger charge is 2.13. The first-order valence-electron chi connectivity index (χ1n) is 11.8. The van der Waals surface area contributed by atoms with E-state index in [2.05, 4.69) is 21.1 Å². The molecule has 2 amide bonds. The molecule has 0 spiro atoms. The summed E-state index contributed by atoms with van der Waals surface area (Å²) >= 11 is 0. The number of methoxy groups -OCH3 is 6. The van der Waals surface area contributed by atoms with E-state index in [1.165, 1.54) is 79.4 Å². The van der Waals surface area contributed by atoms with Gasteiger partial charge in [0, 0.05) is 34.4 Å². The van der Waals surface area contributed by atoms with Gasteiger partial charge in [0.2, 0.25) is 0 Å². The van der Waals surface area contributed by atoms with E-state index in [0.29, 0.717) is 56.8 Å². The minimum atomic E-state index is -0.471. The van der Waals surface area contributed by atoms with Gasteiger partial charge in [0.15, 0.2) is 23.0 Å². The van der Waals surface area contributed by atoms with Gasteiger partial charge in [0.05, 0.1) is 55.1 Å². The molecule has 3 rings (SSSR count). The summed E-state index contributed by atoms with van der Waals surface area (Å²) in [4.78, 5) is 25.1. The Bertz CT molecular complexity index is 1300. The molecule has 0 heterocycles. The molecule has 0 atom stereocenters. The van der Waals surface area contributed by atoms with Crippen molar-refractivity contribution in [3.63, 3.8) is 0 Å². The summed E-state index contributed by atoms with van der Waals surface area (Å²) in [5.74, 6) is 1.99. The summed E-state index contributed by atoms with van der Waals surface area (Å²) in [5, 5.41) is 7.99. The third-order valence-electron chi connectivity index (χ3n) is 5.62. The first kappa shape index (κ1) is 29.3. The van der Waals surface area contributed by atoms with Crippen LogP contribution in [0.25, 0.3) is 0 Å². The lowest BCUT2D eigenvalue weighted by Crippen LogP contribution is -2.19. The van der Waals surface area contributed by atoms with Crippen LogP contribution in [-0.4, -0.2) is 66.9 Å². The summed E-state index contributed by atoms with van der Waals surface area (Å²) in [7, 11) is 9.08. The Balaban J connectivity index is 1.63. The van der Waals surface area contributed by atoms with Gasteiger partial charge in [-0.05, 0) is 36.4 Å². The molecule has 2 N–H and O–H groups in total. The number of amides is 2. The number of nitrogens with zero attached hydrogens (tertiary/aromatic N) is 2. The van der Waals surface area contributed by atoms with E-state index in [-0.39, 0.29) is 0 Å². The number of rotatable bonds is 12. The topological polar surface area (TPSA) is 138 Å². The Morgan fingerprint density at radius 2 is 0.825 bits per heavy atom. The molecule has 210 valence electrons. The summed E-state index contributed by atoms with van der Waals surface area (Å²) < 4.78 is 31.8. The molecular weight excluding hydrogens is 520 g/mol. The van der Waals surface area contributed by atoms with Gasteiger partial charge in [0.1, 0.15) is 11.5 Å². The van der Waals surface area contributed by atoms with Gasteiger partial charge >= 0.3 is 0 Å². The van der Waals surface area contributed by atoms with Crippen molar-refractivity contribution < 1.29 is 38.0 Å². The van der Waals surface area contributed by atoms with Crippen LogP contribution in [0, 0.1) is 0 Å². The average molecular weight is 551 g/mol. The van der Waals surface area contributed by atoms with E-state index >= 15 is 0 Å². The number of hydrogen-bond donors (Lipinski definition) is 2. The largest absolute Gasteiger partial charge is 0.496 e. The molecule has 0 aromatic heterocycles. The fraction of sp³-hybridized carbons (Fsp3) is 0.214. The van der Waals surface area contributed by atoms with Crippen LogP contribution in [0.2, 0.25) is 0 Å². The van der Waals surface area contributed by atoms with Gasteiger partial charge < -0.3 is 28.4 Å². The van der Waals surface area contributed by atoms with Crippen molar-refractivity contribution in [3.05, 3.63) is 70.8 Å². The number of benzene rings is 3. The normalized spacial score (nSPS) is 10.8. The summed E-state index contributed by atoms with van der Waals surface area (Å²) in [5.41, 5.74) is 6.62. The highest BCUT2D eigenvalue weighted by Crippen LogP contribution is 2.34. The van der Waals surface area contributed by atoms with Crippen molar-refractivity contribution >= 4 is 24.2 Å². The predicted octanol–water partition coefficient (Wildman–Crippen LogP) is 3.27. The molecule has 0 saturated carbocycles. The number of hydrogen-bond acceptors (Lipinski definition) is 10. The molecule has 40 heavy (non-hydrogen) atoms. The summed E-state index contributed by atoms with van der Waals surface area (Å²) in [6.45, 7) is 0. The van der Waals surface area contributed by atoms with Crippen LogP contribution in [0.5, 0.6) is 34.5 Å². The van der Waals surface area contributed by atoms with E-state index in [1.54, 1.807) is 24.3 Å². The quantitative estimate of drug-likeness (QED) is 0.259. The van der Waals surface area contributed by atoms with Crippen LogP contribution in [0.3, 0.4) is 0 Å². The second-order valence-electron chi connectivity index (χ2n) is 7.87. The van der Waals surface area contributed by atoms with E-state index in [0.717, 1.165) is 0 Å². The maximum atomic E-state index is 12.5. The maximum absolute atomic E-state index is 12.5. The van der Waals surface area contributed by atoms with Crippen molar-refractivity contribution in [2.75, 3.05) is 42.7 Å². The molecule has 0 unspecified atom stereocenters. The fourth-order valence-electron chi connectivity index (χ4n) is 3.53. The van der Waals surface area contributed by atoms with Gasteiger partial charge in [-0.15, -0.1) is 0 Å². The Hall–Kier alpha value is -5.26. The smallest absolute Gasteiger partial charge is 0.271 e. The first-order chi connectivity index (χ1) is 19.4. The van der Waals surface area contributed by atoms with Crippen molar-refractivity contribution in [3.8, 4) is 34.5 Å². The van der Waals surface area contributed by atoms with E-state index < -0.39 is 11.8 Å². The predicted molar refractivity (Wildman–Crippen MR) is 149 cm³/mol. The third kappa shape index (κ3) is 6.98. The van der Waals surface area contributed by atoms with Crippen LogP contribution in [0.4, 0.5) is 0 Å². The van der Waals surface area contributed by atoms with Gasteiger partial charge in [-0.1, -0.05) is 0 Å². The minimum Gasteiger partial charge on any atom is -0.496 e. The van der Waals surface area contributed by atoms with Crippen LogP contribution in [0.15, 0.2) is 58.7 Å². The van der Waals surface area contributed by atoms with Crippen molar-refractivity contribution in [2.45, 2.75) is 0 Å². The van der Waals surface area contributed by atoms with Crippen molar-refractivity contribution in [1.29, 1.82) is 0 Å². The molecule has 0 aliphatic carbocycles. The Morgan fingerprint density at radius 1 is 0.525 bits per heavy atom. The van der Waals surface area contributed by atoms with Gasteiger partial charge in [-0.2, -0.15) is 10.2 Å². The number of carbonyl (C=O) groups excluding carboxylic acids is 2. The summed E-state index contributed by atoms with van der Waals surface area (Å²) in [6.07, 6.45) is 2.85. The summed E-state index contributed by atoms with van der Waals surface area (Å²) in [6, 6.07) is 12.6. The maximum Gasteiger partial charge on any atom is 0.271 e. The molecule has 0 bridgehead atoms. The molecule has 3 aromatic carbocycles. The van der Waals surface area contributed by atoms with Crippen LogP contribution in [-0.2, 0) is 0 Å². The Labute approximate surface area is 231 Å². The average Bonchev–Trinajstić information content (AvgIpc) is 3.00. The number of hydrazone groups is 2. The second kappa shape index (κ2) is 14.0. The van der Waals surface area contributed by atoms with Gasteiger partial charge in [0.25, 0.3) is 11.8 Å². The molecule has 3 aromatic rings. The van der Waals surface area contributed by atoms with Crippen molar-refractivity contribution in [2.24, 2.45) is 10.2 Å². The SMILES string of the molecule is COc1cc(OC)c(OC)cc1C=NNC(=O)c1ccc(C(=O)NN=Cc2cc(OC)c(OC)cc2OC)cc1. The lowest BCUT2D eigenvalue weighted by molar-refractivity contribution is 0.0943. The lowest BCUT2D eigenvalue weighted by Gasteiger charge is -2.11. The zero-order chi connectivity index (χ0) is 29.1. The highest BCUT2D eigenvalue weighted by atomic mass is 16.5. The molecule has 12 heteroatoms. The molecule has 0 aliphatic heterocycles. The first-order valence-corrected chi connectivity index (χ1v) is 11.8. The molecular formula is C28H30N4O8. The van der Waals surface area contributed by atoms with Gasteiger partial charge in [-0.25, -0.2) is 10.9 Å². The number of carbonyl (C=O) groups is 2. The standard InChI is InChI=1S/C28H30N4O8/c1-35-21-13-25(39-5)23(37-3)11-19(21)15-29-31-27(33)17-7-9-18(10-8-17)28(34)32-30-16-20-12-24(38-4)26(40-6)14-22(20)36-2/h7-16H,1-6H3,(H,31,33)(H,32,34). The zero-order valence-corrected chi connectivity index (χ0v) is 22.9. The lowest BCUT2D eigenvalue weighted by atomic mass is 10.1. The third-order valence-corrected chi connectivity index (χ3v) is 5.62. The van der Waals surface area contributed by atoms with Crippen molar-refractivity contribution in [1.82, 2.24) is 10.9 Å². The molecule has 12 nitrogen and oxygen atoms in total. The molecule has 0 saturated heterocycles. The zero-order valence-electron chi connectivity index (χ0n) is 22.9. The molecule has 0 radical (unpaired) electrons. The van der Waals surface area contributed by atoms with E-state index in [1.807, 2.05) is 0 Å². The van der Waals surface area contributed by atoms with E-state index in [9.17, 15) is 9.59 Å². The second-order valence-corrected chi connectivity index (χ2v) is 7.87. The van der Waals surface area contributed by atoms with Crippen LogP contribution < -0.4 is 39.3 Å². The fourth-order valence-corrected chi connectivity index (χ4v) is 3.53. The van der Waals surface area contributed by atoms with Crippen LogP contribution >= 0.6 is 0 Å². The Kier molecular flexibility index (Phi) is 10.3. The number of ether oxygens (including phenoxy) is 6. The monoisotopic (exact) mass is 550 g/mol. The molecule has 0 fully saturated rings.